The Kier molecular flexibility index (Phi) is 2.41. The van der Waals surface area contributed by atoms with Gasteiger partial charge in [-0.1, -0.05) is 0 Å². The standard InChI is InChI=1S/C9H7FO3/c1-5-2-7(9(12)13)8(10)3-6(5)4-11/h2-4H,1H3,(H,12,13). The van der Waals surface area contributed by atoms with E-state index < -0.39 is 17.3 Å². The third kappa shape index (κ3) is 1.72. The van der Waals surface area contributed by atoms with Crippen LogP contribution in [0.15, 0.2) is 12.1 Å². The van der Waals surface area contributed by atoms with E-state index in [-0.39, 0.29) is 5.56 Å². The lowest BCUT2D eigenvalue weighted by atomic mass is 10.1. The number of halogens is 1. The Morgan fingerprint density at radius 1 is 1.54 bits per heavy atom. The monoisotopic (exact) mass is 182 g/mol. The van der Waals surface area contributed by atoms with E-state index in [0.29, 0.717) is 11.8 Å². The lowest BCUT2D eigenvalue weighted by Gasteiger charge is -2.01. The number of aryl methyl sites for hydroxylation is 1. The zero-order chi connectivity index (χ0) is 10.0. The molecule has 1 aromatic carbocycles. The van der Waals surface area contributed by atoms with E-state index in [1.165, 1.54) is 0 Å². The molecule has 1 N–H and O–H groups in total. The molecule has 13 heavy (non-hydrogen) atoms. The zero-order valence-corrected chi connectivity index (χ0v) is 6.87. The van der Waals surface area contributed by atoms with Gasteiger partial charge in [-0.05, 0) is 24.6 Å². The van der Waals surface area contributed by atoms with Gasteiger partial charge in [0.05, 0.1) is 5.56 Å². The summed E-state index contributed by atoms with van der Waals surface area (Å²) in [5.41, 5.74) is 0.208. The molecule has 1 aromatic rings. The molecule has 4 heteroatoms. The summed E-state index contributed by atoms with van der Waals surface area (Å²) in [6.07, 6.45) is 0.490. The number of rotatable bonds is 2. The molecule has 68 valence electrons. The fraction of sp³-hybridized carbons (Fsp3) is 0.111. The summed E-state index contributed by atoms with van der Waals surface area (Å²) in [4.78, 5) is 20.8. The number of carbonyl (C=O) groups excluding carboxylic acids is 1. The average Bonchev–Trinajstić information content (AvgIpc) is 2.07. The molecule has 0 aromatic heterocycles. The van der Waals surface area contributed by atoms with Crippen LogP contribution < -0.4 is 0 Å². The first kappa shape index (κ1) is 9.38. The molecule has 0 fully saturated rings. The molecular formula is C9H7FO3. The summed E-state index contributed by atoms with van der Waals surface area (Å²) in [7, 11) is 0. The number of carboxylic acid groups (broad SMARTS) is 1. The SMILES string of the molecule is Cc1cc(C(=O)O)c(F)cc1C=O. The number of hydrogen-bond donors (Lipinski definition) is 1. The van der Waals surface area contributed by atoms with Gasteiger partial charge in [-0.25, -0.2) is 9.18 Å². The predicted molar refractivity (Wildman–Crippen MR) is 43.5 cm³/mol. The highest BCUT2D eigenvalue weighted by Gasteiger charge is 2.12. The third-order valence-corrected chi connectivity index (χ3v) is 1.71. The highest BCUT2D eigenvalue weighted by molar-refractivity contribution is 5.89. The van der Waals surface area contributed by atoms with Gasteiger partial charge in [0, 0.05) is 5.56 Å². The van der Waals surface area contributed by atoms with Crippen molar-refractivity contribution in [1.29, 1.82) is 0 Å². The molecule has 0 unspecified atom stereocenters. The van der Waals surface area contributed by atoms with E-state index in [9.17, 15) is 14.0 Å². The number of aromatic carboxylic acids is 1. The number of aldehydes is 1. The number of benzene rings is 1. The summed E-state index contributed by atoms with van der Waals surface area (Å²) < 4.78 is 12.9. The molecular weight excluding hydrogens is 175 g/mol. The molecule has 0 aliphatic rings. The summed E-state index contributed by atoms with van der Waals surface area (Å²) in [5.74, 6) is -2.22. The molecule has 0 aliphatic heterocycles. The van der Waals surface area contributed by atoms with Gasteiger partial charge in [0.25, 0.3) is 0 Å². The van der Waals surface area contributed by atoms with Crippen LogP contribution in [0, 0.1) is 12.7 Å². The number of carbonyl (C=O) groups is 2. The van der Waals surface area contributed by atoms with Crippen molar-refractivity contribution in [1.82, 2.24) is 0 Å². The minimum Gasteiger partial charge on any atom is -0.478 e. The molecule has 0 radical (unpaired) electrons. The molecule has 0 saturated heterocycles. The summed E-state index contributed by atoms with van der Waals surface area (Å²) in [5, 5.41) is 8.53. The van der Waals surface area contributed by atoms with E-state index in [0.717, 1.165) is 12.1 Å². The highest BCUT2D eigenvalue weighted by Crippen LogP contribution is 2.13. The lowest BCUT2D eigenvalue weighted by Crippen LogP contribution is -2.02. The Hall–Kier alpha value is -1.71. The van der Waals surface area contributed by atoms with Crippen molar-refractivity contribution >= 4 is 12.3 Å². The fourth-order valence-electron chi connectivity index (χ4n) is 0.988. The topological polar surface area (TPSA) is 54.4 Å². The zero-order valence-electron chi connectivity index (χ0n) is 6.87. The smallest absolute Gasteiger partial charge is 0.338 e. The van der Waals surface area contributed by atoms with Crippen LogP contribution in [0.4, 0.5) is 4.39 Å². The van der Waals surface area contributed by atoms with Crippen LogP contribution in [0.3, 0.4) is 0 Å². The van der Waals surface area contributed by atoms with Gasteiger partial charge in [-0.15, -0.1) is 0 Å². The van der Waals surface area contributed by atoms with E-state index in [1.54, 1.807) is 6.92 Å². The largest absolute Gasteiger partial charge is 0.478 e. The second-order valence-electron chi connectivity index (χ2n) is 2.61. The maximum absolute atomic E-state index is 12.9. The Labute approximate surface area is 73.8 Å². The van der Waals surface area contributed by atoms with Crippen LogP contribution in [-0.4, -0.2) is 17.4 Å². The molecule has 0 atom stereocenters. The van der Waals surface area contributed by atoms with Crippen LogP contribution in [0.5, 0.6) is 0 Å². The predicted octanol–water partition coefficient (Wildman–Crippen LogP) is 1.64. The molecule has 0 aliphatic carbocycles. The van der Waals surface area contributed by atoms with E-state index in [1.807, 2.05) is 0 Å². The van der Waals surface area contributed by atoms with Gasteiger partial charge in [0.15, 0.2) is 0 Å². The second kappa shape index (κ2) is 3.35. The molecule has 0 spiro atoms. The molecule has 0 heterocycles. The van der Waals surface area contributed by atoms with Crippen molar-refractivity contribution < 1.29 is 19.1 Å². The molecule has 0 saturated carbocycles. The lowest BCUT2D eigenvalue weighted by molar-refractivity contribution is 0.0691. The first-order valence-corrected chi connectivity index (χ1v) is 3.55. The number of hydrogen-bond acceptors (Lipinski definition) is 2. The Bertz CT molecular complexity index is 371. The molecule has 0 bridgehead atoms. The van der Waals surface area contributed by atoms with Crippen molar-refractivity contribution in [3.63, 3.8) is 0 Å². The van der Waals surface area contributed by atoms with Crippen molar-refractivity contribution in [2.45, 2.75) is 6.92 Å². The van der Waals surface area contributed by atoms with Crippen LogP contribution >= 0.6 is 0 Å². The van der Waals surface area contributed by atoms with Crippen molar-refractivity contribution in [2.24, 2.45) is 0 Å². The minimum atomic E-state index is -1.34. The molecule has 1 rings (SSSR count). The average molecular weight is 182 g/mol. The van der Waals surface area contributed by atoms with E-state index in [4.69, 9.17) is 5.11 Å². The first-order chi connectivity index (χ1) is 6.06. The summed E-state index contributed by atoms with van der Waals surface area (Å²) in [6.45, 7) is 1.55. The Morgan fingerprint density at radius 3 is 2.62 bits per heavy atom. The van der Waals surface area contributed by atoms with Gasteiger partial charge in [-0.2, -0.15) is 0 Å². The quantitative estimate of drug-likeness (QED) is 0.707. The van der Waals surface area contributed by atoms with Gasteiger partial charge in [0.2, 0.25) is 0 Å². The van der Waals surface area contributed by atoms with Crippen LogP contribution in [0.25, 0.3) is 0 Å². The molecule has 0 amide bonds. The van der Waals surface area contributed by atoms with Crippen LogP contribution in [0.2, 0.25) is 0 Å². The van der Waals surface area contributed by atoms with Gasteiger partial charge in [0.1, 0.15) is 12.1 Å². The number of carboxylic acids is 1. The van der Waals surface area contributed by atoms with E-state index >= 15 is 0 Å². The maximum Gasteiger partial charge on any atom is 0.338 e. The first-order valence-electron chi connectivity index (χ1n) is 3.55. The van der Waals surface area contributed by atoms with Crippen molar-refractivity contribution in [3.05, 3.63) is 34.6 Å². The maximum atomic E-state index is 12.9. The highest BCUT2D eigenvalue weighted by atomic mass is 19.1. The van der Waals surface area contributed by atoms with Crippen molar-refractivity contribution in [3.8, 4) is 0 Å². The van der Waals surface area contributed by atoms with Crippen molar-refractivity contribution in [2.75, 3.05) is 0 Å². The van der Waals surface area contributed by atoms with Gasteiger partial charge in [-0.3, -0.25) is 4.79 Å². The Morgan fingerprint density at radius 2 is 2.15 bits per heavy atom. The Balaban J connectivity index is 3.36. The molecule has 3 nitrogen and oxygen atoms in total. The van der Waals surface area contributed by atoms with Crippen LogP contribution in [0.1, 0.15) is 26.3 Å². The normalized spacial score (nSPS) is 9.69. The minimum absolute atomic E-state index is 0.169. The van der Waals surface area contributed by atoms with Crippen LogP contribution in [-0.2, 0) is 0 Å². The summed E-state index contributed by atoms with van der Waals surface area (Å²) in [6, 6.07) is 2.06. The fourth-order valence-corrected chi connectivity index (χ4v) is 0.988. The summed E-state index contributed by atoms with van der Waals surface area (Å²) >= 11 is 0. The second-order valence-corrected chi connectivity index (χ2v) is 2.61. The van der Waals surface area contributed by atoms with E-state index in [2.05, 4.69) is 0 Å². The van der Waals surface area contributed by atoms with Gasteiger partial charge >= 0.3 is 5.97 Å². The third-order valence-electron chi connectivity index (χ3n) is 1.71. The van der Waals surface area contributed by atoms with Gasteiger partial charge < -0.3 is 5.11 Å².